The van der Waals surface area contributed by atoms with Crippen LogP contribution in [0.1, 0.15) is 38.8 Å². The van der Waals surface area contributed by atoms with Gasteiger partial charge in [0.05, 0.1) is 16.4 Å². The lowest BCUT2D eigenvalue weighted by atomic mass is 9.85. The van der Waals surface area contributed by atoms with E-state index in [4.69, 9.17) is 0 Å². The van der Waals surface area contributed by atoms with Crippen molar-refractivity contribution in [2.75, 3.05) is 0 Å². The molecule has 84 valence electrons. The van der Waals surface area contributed by atoms with Crippen LogP contribution in [0.4, 0.5) is 0 Å². The Hall–Kier alpha value is 0.170. The Morgan fingerprint density at radius 3 is 2.93 bits per heavy atom. The molecule has 0 bridgehead atoms. The molecule has 1 fully saturated rings. The maximum Gasteiger partial charge on any atom is 0.0635 e. The molecule has 1 aromatic rings. The van der Waals surface area contributed by atoms with Crippen LogP contribution in [0.3, 0.4) is 0 Å². The van der Waals surface area contributed by atoms with Crippen LogP contribution in [0.2, 0.25) is 0 Å². The van der Waals surface area contributed by atoms with Crippen molar-refractivity contribution in [3.63, 3.8) is 0 Å². The minimum atomic E-state index is 0.277. The van der Waals surface area contributed by atoms with Gasteiger partial charge >= 0.3 is 0 Å². The summed E-state index contributed by atoms with van der Waals surface area (Å²) in [5, 5.41) is 4.40. The number of rotatable bonds is 2. The van der Waals surface area contributed by atoms with Gasteiger partial charge in [0.1, 0.15) is 0 Å². The van der Waals surface area contributed by atoms with Crippen molar-refractivity contribution in [3.8, 4) is 0 Å². The number of alkyl halides is 1. The van der Waals surface area contributed by atoms with Gasteiger partial charge in [0.2, 0.25) is 0 Å². The molecular weight excluding hydrogens is 320 g/mol. The molecule has 0 aromatic carbocycles. The topological polar surface area (TPSA) is 17.8 Å². The minimum absolute atomic E-state index is 0.277. The Kier molecular flexibility index (Phi) is 3.27. The van der Waals surface area contributed by atoms with Gasteiger partial charge < -0.3 is 0 Å². The first-order chi connectivity index (χ1) is 7.07. The van der Waals surface area contributed by atoms with Gasteiger partial charge in [0.15, 0.2) is 0 Å². The summed E-state index contributed by atoms with van der Waals surface area (Å²) >= 11 is 7.35. The lowest BCUT2D eigenvalue weighted by Gasteiger charge is -2.25. The first-order valence-electron chi connectivity index (χ1n) is 5.42. The van der Waals surface area contributed by atoms with Gasteiger partial charge in [-0.05, 0) is 42.1 Å². The number of aromatic nitrogens is 2. The minimum Gasteiger partial charge on any atom is -0.268 e. The molecule has 2 atom stereocenters. The summed E-state index contributed by atoms with van der Waals surface area (Å²) in [6.45, 7) is 5.44. The van der Waals surface area contributed by atoms with Crippen LogP contribution in [0.5, 0.6) is 0 Å². The van der Waals surface area contributed by atoms with Crippen molar-refractivity contribution >= 4 is 31.9 Å². The van der Waals surface area contributed by atoms with Crippen LogP contribution in [0.25, 0.3) is 0 Å². The van der Waals surface area contributed by atoms with E-state index in [2.05, 4.69) is 55.5 Å². The van der Waals surface area contributed by atoms with Crippen molar-refractivity contribution in [2.24, 2.45) is 0 Å². The molecule has 0 N–H and O–H groups in total. The molecule has 0 saturated heterocycles. The third-order valence-electron chi connectivity index (χ3n) is 3.35. The molecule has 1 saturated carbocycles. The Morgan fingerprint density at radius 1 is 1.67 bits per heavy atom. The maximum absolute atomic E-state index is 4.40. The van der Waals surface area contributed by atoms with E-state index in [9.17, 15) is 0 Å². The van der Waals surface area contributed by atoms with Crippen LogP contribution in [-0.2, 0) is 12.0 Å². The highest BCUT2D eigenvalue weighted by atomic mass is 79.9. The van der Waals surface area contributed by atoms with Crippen molar-refractivity contribution < 1.29 is 0 Å². The van der Waals surface area contributed by atoms with Crippen LogP contribution in [-0.4, -0.2) is 14.6 Å². The molecule has 2 rings (SSSR count). The van der Waals surface area contributed by atoms with Gasteiger partial charge in [-0.3, -0.25) is 4.68 Å². The van der Waals surface area contributed by atoms with Crippen molar-refractivity contribution in [2.45, 2.75) is 49.9 Å². The molecule has 1 aliphatic rings. The highest BCUT2D eigenvalue weighted by Gasteiger charge is 2.39. The quantitative estimate of drug-likeness (QED) is 0.750. The second-order valence-electron chi connectivity index (χ2n) is 4.56. The summed E-state index contributed by atoms with van der Waals surface area (Å²) in [7, 11) is 0. The Morgan fingerprint density at radius 2 is 2.40 bits per heavy atom. The van der Waals surface area contributed by atoms with E-state index in [1.54, 1.807) is 0 Å². The fraction of sp³-hybridized carbons (Fsp3) is 0.727. The molecule has 15 heavy (non-hydrogen) atoms. The number of aryl methyl sites for hydroxylation is 1. The average molecular weight is 336 g/mol. The van der Waals surface area contributed by atoms with E-state index in [-0.39, 0.29) is 5.41 Å². The molecular formula is C11H16Br2N2. The smallest absolute Gasteiger partial charge is 0.0635 e. The molecule has 1 heterocycles. The molecule has 1 aromatic heterocycles. The van der Waals surface area contributed by atoms with E-state index in [0.717, 1.165) is 11.0 Å². The zero-order chi connectivity index (χ0) is 11.1. The lowest BCUT2D eigenvalue weighted by molar-refractivity contribution is 0.434. The van der Waals surface area contributed by atoms with E-state index < -0.39 is 0 Å². The monoisotopic (exact) mass is 334 g/mol. The first-order valence-corrected chi connectivity index (χ1v) is 7.13. The molecule has 0 radical (unpaired) electrons. The van der Waals surface area contributed by atoms with E-state index in [0.29, 0.717) is 4.83 Å². The second kappa shape index (κ2) is 4.21. The van der Waals surface area contributed by atoms with Crippen LogP contribution >= 0.6 is 31.9 Å². The SMILES string of the molecule is CCn1ncc(Br)c1C1(C)CCC(Br)C1. The number of hydrogen-bond acceptors (Lipinski definition) is 1. The normalized spacial score (nSPS) is 31.1. The molecule has 4 heteroatoms. The van der Waals surface area contributed by atoms with Crippen LogP contribution in [0.15, 0.2) is 10.7 Å². The van der Waals surface area contributed by atoms with E-state index >= 15 is 0 Å². The maximum atomic E-state index is 4.40. The second-order valence-corrected chi connectivity index (χ2v) is 6.71. The van der Waals surface area contributed by atoms with Gasteiger partial charge in [-0.1, -0.05) is 22.9 Å². The van der Waals surface area contributed by atoms with Gasteiger partial charge in [-0.2, -0.15) is 5.10 Å². The molecule has 0 aliphatic heterocycles. The fourth-order valence-electron chi connectivity index (χ4n) is 2.59. The summed E-state index contributed by atoms with van der Waals surface area (Å²) in [4.78, 5) is 0.662. The number of hydrogen-bond donors (Lipinski definition) is 0. The summed E-state index contributed by atoms with van der Waals surface area (Å²) < 4.78 is 3.28. The van der Waals surface area contributed by atoms with Crippen molar-refractivity contribution in [1.29, 1.82) is 0 Å². The van der Waals surface area contributed by atoms with Crippen molar-refractivity contribution in [1.82, 2.24) is 9.78 Å². The standard InChI is InChI=1S/C11H16Br2N2/c1-3-15-10(9(13)7-14-15)11(2)5-4-8(12)6-11/h7-8H,3-6H2,1-2H3. The van der Waals surface area contributed by atoms with Gasteiger partial charge in [0, 0.05) is 16.8 Å². The van der Waals surface area contributed by atoms with Crippen LogP contribution in [0, 0.1) is 0 Å². The van der Waals surface area contributed by atoms with E-state index in [1.807, 2.05) is 6.20 Å². The third kappa shape index (κ3) is 2.03. The van der Waals surface area contributed by atoms with Crippen LogP contribution < -0.4 is 0 Å². The van der Waals surface area contributed by atoms with Crippen molar-refractivity contribution in [3.05, 3.63) is 16.4 Å². The van der Waals surface area contributed by atoms with Gasteiger partial charge in [0.25, 0.3) is 0 Å². The van der Waals surface area contributed by atoms with Gasteiger partial charge in [-0.15, -0.1) is 0 Å². The Balaban J connectivity index is 2.39. The van der Waals surface area contributed by atoms with Gasteiger partial charge in [-0.25, -0.2) is 0 Å². The molecule has 0 amide bonds. The fourth-order valence-corrected chi connectivity index (χ4v) is 4.30. The third-order valence-corrected chi connectivity index (χ3v) is 4.71. The lowest BCUT2D eigenvalue weighted by Crippen LogP contribution is -2.23. The summed E-state index contributed by atoms with van der Waals surface area (Å²) in [6, 6.07) is 0. The Bertz CT molecular complexity index is 361. The molecule has 0 spiro atoms. The number of halogens is 2. The first kappa shape index (κ1) is 11.6. The molecule has 1 aliphatic carbocycles. The summed E-state index contributed by atoms with van der Waals surface area (Å²) in [5.41, 5.74) is 1.64. The predicted molar refractivity (Wildman–Crippen MR) is 69.5 cm³/mol. The molecule has 2 nitrogen and oxygen atoms in total. The largest absolute Gasteiger partial charge is 0.268 e. The summed E-state index contributed by atoms with van der Waals surface area (Å²) in [6.07, 6.45) is 5.63. The Labute approximate surface area is 108 Å². The predicted octanol–water partition coefficient (Wildman–Crippen LogP) is 3.87. The average Bonchev–Trinajstić information content (AvgIpc) is 2.71. The molecule has 2 unspecified atom stereocenters. The number of nitrogens with zero attached hydrogens (tertiary/aromatic N) is 2. The highest BCUT2D eigenvalue weighted by molar-refractivity contribution is 9.10. The highest BCUT2D eigenvalue weighted by Crippen LogP contribution is 2.45. The summed E-state index contributed by atoms with van der Waals surface area (Å²) in [5.74, 6) is 0. The zero-order valence-corrected chi connectivity index (χ0v) is 12.3. The zero-order valence-electron chi connectivity index (χ0n) is 9.13. The van der Waals surface area contributed by atoms with E-state index in [1.165, 1.54) is 25.0 Å².